The summed E-state index contributed by atoms with van der Waals surface area (Å²) in [5, 5.41) is 2.94. The van der Waals surface area contributed by atoms with Crippen molar-refractivity contribution in [1.29, 1.82) is 0 Å². The van der Waals surface area contributed by atoms with Crippen LogP contribution in [-0.4, -0.2) is 65.7 Å². The van der Waals surface area contributed by atoms with Crippen LogP contribution >= 0.6 is 0 Å². The van der Waals surface area contributed by atoms with E-state index in [0.717, 1.165) is 10.5 Å². The largest absolute Gasteiger partial charge is 0.484 e. The Morgan fingerprint density at radius 2 is 1.56 bits per heavy atom. The Kier molecular flexibility index (Phi) is 6.20. The van der Waals surface area contributed by atoms with Gasteiger partial charge in [0, 0.05) is 19.1 Å². The number of benzene rings is 2. The lowest BCUT2D eigenvalue weighted by atomic mass is 10.0. The SMILES string of the molecule is Cc1ccc(OCC(=O)NC2CCN(C(=O)CN3C(=O)c4ccccc4C3=O)CC2)cc1. The minimum atomic E-state index is -0.435. The van der Waals surface area contributed by atoms with Crippen LogP contribution in [0.3, 0.4) is 0 Å². The molecule has 2 heterocycles. The number of amides is 4. The molecule has 1 saturated heterocycles. The second-order valence-corrected chi connectivity index (χ2v) is 8.07. The van der Waals surface area contributed by atoms with E-state index in [9.17, 15) is 19.2 Å². The molecule has 4 rings (SSSR count). The monoisotopic (exact) mass is 435 g/mol. The highest BCUT2D eigenvalue weighted by Crippen LogP contribution is 2.22. The van der Waals surface area contributed by atoms with Crippen molar-refractivity contribution in [2.45, 2.75) is 25.8 Å². The summed E-state index contributed by atoms with van der Waals surface area (Å²) in [5.41, 5.74) is 1.78. The van der Waals surface area contributed by atoms with E-state index in [4.69, 9.17) is 4.74 Å². The van der Waals surface area contributed by atoms with E-state index in [1.165, 1.54) is 0 Å². The highest BCUT2D eigenvalue weighted by molar-refractivity contribution is 6.22. The second-order valence-electron chi connectivity index (χ2n) is 8.07. The molecule has 2 aliphatic rings. The van der Waals surface area contributed by atoms with Crippen molar-refractivity contribution in [3.05, 3.63) is 65.2 Å². The van der Waals surface area contributed by atoms with E-state index in [0.29, 0.717) is 42.8 Å². The minimum absolute atomic E-state index is 0.0486. The third kappa shape index (κ3) is 4.64. The van der Waals surface area contributed by atoms with Gasteiger partial charge in [-0.25, -0.2) is 0 Å². The number of fused-ring (bicyclic) bond motifs is 1. The van der Waals surface area contributed by atoms with Gasteiger partial charge in [-0.1, -0.05) is 29.8 Å². The van der Waals surface area contributed by atoms with Gasteiger partial charge in [0.1, 0.15) is 12.3 Å². The van der Waals surface area contributed by atoms with Crippen LogP contribution in [0.1, 0.15) is 39.1 Å². The standard InChI is InChI=1S/C24H25N3O5/c1-16-6-8-18(9-7-16)32-15-21(28)25-17-10-12-26(13-11-17)22(29)14-27-23(30)19-4-2-3-5-20(19)24(27)31/h2-9,17H,10-15H2,1H3,(H,25,28). The molecule has 2 aromatic rings. The van der Waals surface area contributed by atoms with Gasteiger partial charge in [-0.3, -0.25) is 24.1 Å². The summed E-state index contributed by atoms with van der Waals surface area (Å²) in [4.78, 5) is 52.4. The van der Waals surface area contributed by atoms with Crippen LogP contribution in [0.25, 0.3) is 0 Å². The molecule has 2 aliphatic heterocycles. The van der Waals surface area contributed by atoms with E-state index in [1.807, 2.05) is 31.2 Å². The normalized spacial score (nSPS) is 16.2. The lowest BCUT2D eigenvalue weighted by molar-refractivity contribution is -0.132. The van der Waals surface area contributed by atoms with Crippen LogP contribution in [0.5, 0.6) is 5.75 Å². The number of hydrogen-bond donors (Lipinski definition) is 1. The molecule has 0 aromatic heterocycles. The number of piperidine rings is 1. The maximum atomic E-state index is 12.7. The first-order valence-corrected chi connectivity index (χ1v) is 10.6. The number of aryl methyl sites for hydroxylation is 1. The van der Waals surface area contributed by atoms with Crippen molar-refractivity contribution in [1.82, 2.24) is 15.1 Å². The van der Waals surface area contributed by atoms with Crippen LogP contribution in [-0.2, 0) is 9.59 Å². The van der Waals surface area contributed by atoms with E-state index in [2.05, 4.69) is 5.32 Å². The fourth-order valence-electron chi connectivity index (χ4n) is 3.94. The maximum Gasteiger partial charge on any atom is 0.262 e. The average Bonchev–Trinajstić information content (AvgIpc) is 3.04. The van der Waals surface area contributed by atoms with Gasteiger partial charge in [0.25, 0.3) is 17.7 Å². The van der Waals surface area contributed by atoms with Gasteiger partial charge in [0.05, 0.1) is 11.1 Å². The Morgan fingerprint density at radius 3 is 2.16 bits per heavy atom. The summed E-state index contributed by atoms with van der Waals surface area (Å²) in [5.74, 6) is -0.711. The van der Waals surface area contributed by atoms with Crippen LogP contribution in [0.15, 0.2) is 48.5 Å². The molecule has 0 radical (unpaired) electrons. The molecule has 166 valence electrons. The van der Waals surface area contributed by atoms with Crippen molar-refractivity contribution in [3.8, 4) is 5.75 Å². The number of carbonyl (C=O) groups is 4. The van der Waals surface area contributed by atoms with Crippen LogP contribution in [0.2, 0.25) is 0 Å². The number of hydrogen-bond acceptors (Lipinski definition) is 5. The molecular weight excluding hydrogens is 410 g/mol. The molecule has 8 heteroatoms. The number of rotatable bonds is 6. The number of nitrogens with one attached hydrogen (secondary N) is 1. The number of carbonyl (C=O) groups excluding carboxylic acids is 4. The number of likely N-dealkylation sites (tertiary alicyclic amines) is 1. The smallest absolute Gasteiger partial charge is 0.262 e. The van der Waals surface area contributed by atoms with Crippen molar-refractivity contribution >= 4 is 23.6 Å². The number of nitrogens with zero attached hydrogens (tertiary/aromatic N) is 2. The Labute approximate surface area is 186 Å². The third-order valence-corrected chi connectivity index (χ3v) is 5.78. The Morgan fingerprint density at radius 1 is 0.969 bits per heavy atom. The Bertz CT molecular complexity index is 1010. The van der Waals surface area contributed by atoms with Crippen molar-refractivity contribution in [2.24, 2.45) is 0 Å². The predicted molar refractivity (Wildman–Crippen MR) is 116 cm³/mol. The first-order chi connectivity index (χ1) is 15.4. The van der Waals surface area contributed by atoms with Gasteiger partial charge in [-0.15, -0.1) is 0 Å². The van der Waals surface area contributed by atoms with Crippen molar-refractivity contribution < 1.29 is 23.9 Å². The molecule has 0 bridgehead atoms. The van der Waals surface area contributed by atoms with Gasteiger partial charge >= 0.3 is 0 Å². The van der Waals surface area contributed by atoms with E-state index in [-0.39, 0.29) is 31.0 Å². The minimum Gasteiger partial charge on any atom is -0.484 e. The molecule has 4 amide bonds. The maximum absolute atomic E-state index is 12.7. The van der Waals surface area contributed by atoms with Gasteiger partial charge in [0.15, 0.2) is 6.61 Å². The molecule has 0 atom stereocenters. The molecule has 1 N–H and O–H groups in total. The summed E-state index contributed by atoms with van der Waals surface area (Å²) in [7, 11) is 0. The van der Waals surface area contributed by atoms with Crippen molar-refractivity contribution in [3.63, 3.8) is 0 Å². The van der Waals surface area contributed by atoms with Crippen LogP contribution in [0.4, 0.5) is 0 Å². The summed E-state index contributed by atoms with van der Waals surface area (Å²) >= 11 is 0. The summed E-state index contributed by atoms with van der Waals surface area (Å²) in [6.45, 7) is 2.54. The highest BCUT2D eigenvalue weighted by atomic mass is 16.5. The summed E-state index contributed by atoms with van der Waals surface area (Å²) in [6, 6.07) is 14.0. The molecule has 1 fully saturated rings. The zero-order valence-corrected chi connectivity index (χ0v) is 17.9. The Balaban J connectivity index is 1.22. The average molecular weight is 435 g/mol. The number of ether oxygens (including phenoxy) is 1. The first-order valence-electron chi connectivity index (χ1n) is 10.6. The van der Waals surface area contributed by atoms with Gasteiger partial charge < -0.3 is 15.0 Å². The van der Waals surface area contributed by atoms with Gasteiger partial charge in [-0.2, -0.15) is 0 Å². The fraction of sp³-hybridized carbons (Fsp3) is 0.333. The zero-order chi connectivity index (χ0) is 22.7. The van der Waals surface area contributed by atoms with E-state index < -0.39 is 11.8 Å². The Hall–Kier alpha value is -3.68. The molecule has 2 aromatic carbocycles. The fourth-order valence-corrected chi connectivity index (χ4v) is 3.94. The summed E-state index contributed by atoms with van der Waals surface area (Å²) in [6.07, 6.45) is 1.20. The lowest BCUT2D eigenvalue weighted by Gasteiger charge is -2.33. The zero-order valence-electron chi connectivity index (χ0n) is 17.9. The highest BCUT2D eigenvalue weighted by Gasteiger charge is 2.37. The van der Waals surface area contributed by atoms with Gasteiger partial charge in [0.2, 0.25) is 5.91 Å². The van der Waals surface area contributed by atoms with Crippen LogP contribution in [0, 0.1) is 6.92 Å². The second kappa shape index (κ2) is 9.21. The van der Waals surface area contributed by atoms with E-state index >= 15 is 0 Å². The first kappa shape index (κ1) is 21.5. The molecule has 0 saturated carbocycles. The van der Waals surface area contributed by atoms with E-state index in [1.54, 1.807) is 29.2 Å². The van der Waals surface area contributed by atoms with Crippen molar-refractivity contribution in [2.75, 3.05) is 26.2 Å². The quantitative estimate of drug-likeness (QED) is 0.698. The lowest BCUT2D eigenvalue weighted by Crippen LogP contribution is -2.50. The molecule has 0 unspecified atom stereocenters. The van der Waals surface area contributed by atoms with Crippen LogP contribution < -0.4 is 10.1 Å². The molecule has 0 spiro atoms. The molecule has 32 heavy (non-hydrogen) atoms. The molecule has 8 nitrogen and oxygen atoms in total. The summed E-state index contributed by atoms with van der Waals surface area (Å²) < 4.78 is 5.50. The third-order valence-electron chi connectivity index (χ3n) is 5.78. The number of imide groups is 1. The topological polar surface area (TPSA) is 96.0 Å². The predicted octanol–water partition coefficient (Wildman–Crippen LogP) is 1.78. The molecule has 0 aliphatic carbocycles. The van der Waals surface area contributed by atoms with Gasteiger partial charge in [-0.05, 0) is 44.0 Å². The molecular formula is C24H25N3O5.